The molecular formula is C17H19FN2O2S. The standard InChI is InChI=1S/C17H19FN2O2S/c1-10-11(2)23-17(20(10)9-12-4-5-12)19-16(21)14-8-13(18)6-7-15(14)22-3/h6-8,12H,4-5,9H2,1-3H3. The third kappa shape index (κ3) is 3.37. The van der Waals surface area contributed by atoms with E-state index in [-0.39, 0.29) is 5.56 Å². The van der Waals surface area contributed by atoms with E-state index in [9.17, 15) is 9.18 Å². The van der Waals surface area contributed by atoms with Gasteiger partial charge in [0, 0.05) is 17.1 Å². The lowest BCUT2D eigenvalue weighted by atomic mass is 10.2. The fourth-order valence-electron chi connectivity index (χ4n) is 2.45. The molecule has 1 aromatic carbocycles. The average Bonchev–Trinajstić information content (AvgIpc) is 3.30. The van der Waals surface area contributed by atoms with Crippen LogP contribution in [0.25, 0.3) is 0 Å². The van der Waals surface area contributed by atoms with Crippen molar-refractivity contribution in [3.63, 3.8) is 0 Å². The molecule has 1 saturated carbocycles. The molecule has 1 heterocycles. The van der Waals surface area contributed by atoms with E-state index in [0.717, 1.165) is 17.1 Å². The van der Waals surface area contributed by atoms with Crippen molar-refractivity contribution in [1.82, 2.24) is 4.57 Å². The molecule has 0 spiro atoms. The Bertz CT molecular complexity index is 818. The minimum absolute atomic E-state index is 0.147. The maximum atomic E-state index is 13.5. The summed E-state index contributed by atoms with van der Waals surface area (Å²) in [5.74, 6) is 0.0558. The van der Waals surface area contributed by atoms with Crippen LogP contribution < -0.4 is 9.54 Å². The quantitative estimate of drug-likeness (QED) is 0.859. The zero-order chi connectivity index (χ0) is 16.6. The van der Waals surface area contributed by atoms with E-state index in [1.165, 1.54) is 49.5 Å². The van der Waals surface area contributed by atoms with Crippen molar-refractivity contribution < 1.29 is 13.9 Å². The molecule has 0 atom stereocenters. The van der Waals surface area contributed by atoms with Crippen molar-refractivity contribution in [2.24, 2.45) is 10.9 Å². The van der Waals surface area contributed by atoms with E-state index in [4.69, 9.17) is 4.74 Å². The number of rotatable bonds is 4. The Hall–Kier alpha value is -1.95. The normalized spacial score (nSPS) is 15.0. The summed E-state index contributed by atoms with van der Waals surface area (Å²) in [6.07, 6.45) is 2.46. The van der Waals surface area contributed by atoms with E-state index in [1.807, 2.05) is 13.8 Å². The van der Waals surface area contributed by atoms with Gasteiger partial charge in [0.05, 0.1) is 12.7 Å². The van der Waals surface area contributed by atoms with Crippen LogP contribution in [-0.2, 0) is 6.54 Å². The Morgan fingerprint density at radius 3 is 2.83 bits per heavy atom. The SMILES string of the molecule is COc1ccc(F)cc1C(=O)N=c1sc(C)c(C)n1CC1CC1. The van der Waals surface area contributed by atoms with Crippen molar-refractivity contribution >= 4 is 17.2 Å². The highest BCUT2D eigenvalue weighted by Gasteiger charge is 2.23. The second-order valence-corrected chi connectivity index (χ2v) is 7.02. The molecule has 2 aromatic rings. The van der Waals surface area contributed by atoms with Crippen molar-refractivity contribution in [3.05, 3.63) is 45.0 Å². The molecule has 1 fully saturated rings. The number of methoxy groups -OCH3 is 1. The Kier molecular flexibility index (Phi) is 4.35. The smallest absolute Gasteiger partial charge is 0.283 e. The van der Waals surface area contributed by atoms with Gasteiger partial charge < -0.3 is 9.30 Å². The zero-order valence-electron chi connectivity index (χ0n) is 13.4. The third-order valence-electron chi connectivity index (χ3n) is 4.12. The van der Waals surface area contributed by atoms with Gasteiger partial charge in [-0.2, -0.15) is 4.99 Å². The van der Waals surface area contributed by atoms with E-state index < -0.39 is 11.7 Å². The van der Waals surface area contributed by atoms with Gasteiger partial charge in [0.1, 0.15) is 11.6 Å². The summed E-state index contributed by atoms with van der Waals surface area (Å²) >= 11 is 1.49. The second kappa shape index (κ2) is 6.28. The van der Waals surface area contributed by atoms with Crippen LogP contribution in [0.5, 0.6) is 5.75 Å². The van der Waals surface area contributed by atoms with Crippen LogP contribution in [0, 0.1) is 25.6 Å². The molecule has 3 rings (SSSR count). The summed E-state index contributed by atoms with van der Waals surface area (Å²) in [7, 11) is 1.46. The third-order valence-corrected chi connectivity index (χ3v) is 5.21. The summed E-state index contributed by atoms with van der Waals surface area (Å²) in [5.41, 5.74) is 1.29. The largest absolute Gasteiger partial charge is 0.496 e. The minimum Gasteiger partial charge on any atom is -0.496 e. The zero-order valence-corrected chi connectivity index (χ0v) is 14.2. The summed E-state index contributed by atoms with van der Waals surface area (Å²) in [5, 5.41) is 0. The maximum Gasteiger partial charge on any atom is 0.283 e. The summed E-state index contributed by atoms with van der Waals surface area (Å²) in [6.45, 7) is 4.96. The number of aryl methyl sites for hydroxylation is 1. The van der Waals surface area contributed by atoms with Gasteiger partial charge in [0.15, 0.2) is 4.80 Å². The minimum atomic E-state index is -0.479. The van der Waals surface area contributed by atoms with Crippen molar-refractivity contribution in [2.45, 2.75) is 33.2 Å². The number of ether oxygens (including phenoxy) is 1. The highest BCUT2D eigenvalue weighted by Crippen LogP contribution is 2.31. The fraction of sp³-hybridized carbons (Fsp3) is 0.412. The lowest BCUT2D eigenvalue weighted by molar-refractivity contribution is 0.0994. The molecule has 1 aromatic heterocycles. The van der Waals surface area contributed by atoms with Gasteiger partial charge >= 0.3 is 0 Å². The first-order chi connectivity index (χ1) is 11.0. The molecule has 1 aliphatic rings. The van der Waals surface area contributed by atoms with Crippen LogP contribution in [0.2, 0.25) is 0 Å². The first kappa shape index (κ1) is 15.9. The van der Waals surface area contributed by atoms with Crippen LogP contribution >= 0.6 is 11.3 Å². The van der Waals surface area contributed by atoms with Crippen molar-refractivity contribution in [3.8, 4) is 5.75 Å². The molecule has 0 unspecified atom stereocenters. The molecule has 0 saturated heterocycles. The average molecular weight is 334 g/mol. The number of carbonyl (C=O) groups is 1. The van der Waals surface area contributed by atoms with Gasteiger partial charge in [-0.1, -0.05) is 0 Å². The molecule has 0 N–H and O–H groups in total. The van der Waals surface area contributed by atoms with Crippen LogP contribution in [0.1, 0.15) is 33.8 Å². The number of halogens is 1. The van der Waals surface area contributed by atoms with Crippen LogP contribution in [0.3, 0.4) is 0 Å². The molecule has 0 radical (unpaired) electrons. The number of hydrogen-bond acceptors (Lipinski definition) is 3. The monoisotopic (exact) mass is 334 g/mol. The summed E-state index contributed by atoms with van der Waals surface area (Å²) < 4.78 is 20.7. The molecule has 0 aliphatic heterocycles. The topological polar surface area (TPSA) is 43.6 Å². The molecule has 6 heteroatoms. The van der Waals surface area contributed by atoms with Gasteiger partial charge in [0.25, 0.3) is 5.91 Å². The highest BCUT2D eigenvalue weighted by atomic mass is 32.1. The lowest BCUT2D eigenvalue weighted by Crippen LogP contribution is -2.19. The molecule has 0 bridgehead atoms. The van der Waals surface area contributed by atoms with Gasteiger partial charge in [-0.15, -0.1) is 11.3 Å². The number of amides is 1. The van der Waals surface area contributed by atoms with E-state index in [2.05, 4.69) is 9.56 Å². The molecule has 122 valence electrons. The predicted octanol–water partition coefficient (Wildman–Crippen LogP) is 3.47. The van der Waals surface area contributed by atoms with E-state index >= 15 is 0 Å². The molecule has 1 aliphatic carbocycles. The van der Waals surface area contributed by atoms with Crippen LogP contribution in [-0.4, -0.2) is 17.6 Å². The number of benzene rings is 1. The number of nitrogens with zero attached hydrogens (tertiary/aromatic N) is 2. The summed E-state index contributed by atoms with van der Waals surface area (Å²) in [4.78, 5) is 18.5. The van der Waals surface area contributed by atoms with Crippen molar-refractivity contribution in [2.75, 3.05) is 7.11 Å². The van der Waals surface area contributed by atoms with Gasteiger partial charge in [-0.25, -0.2) is 4.39 Å². The van der Waals surface area contributed by atoms with E-state index in [1.54, 1.807) is 0 Å². The van der Waals surface area contributed by atoms with Crippen LogP contribution in [0.15, 0.2) is 23.2 Å². The van der Waals surface area contributed by atoms with Crippen LogP contribution in [0.4, 0.5) is 4.39 Å². The lowest BCUT2D eigenvalue weighted by Gasteiger charge is -2.06. The maximum absolute atomic E-state index is 13.5. The summed E-state index contributed by atoms with van der Waals surface area (Å²) in [6, 6.07) is 3.88. The van der Waals surface area contributed by atoms with Gasteiger partial charge in [-0.3, -0.25) is 4.79 Å². The Morgan fingerprint density at radius 1 is 1.43 bits per heavy atom. The Labute approximate surface area is 138 Å². The first-order valence-electron chi connectivity index (χ1n) is 7.59. The Morgan fingerprint density at radius 2 is 2.17 bits per heavy atom. The molecule has 23 heavy (non-hydrogen) atoms. The Balaban J connectivity index is 2.03. The second-order valence-electron chi connectivity index (χ2n) is 5.84. The number of thiazole rings is 1. The highest BCUT2D eigenvalue weighted by molar-refractivity contribution is 7.09. The number of aromatic nitrogens is 1. The molecule has 4 nitrogen and oxygen atoms in total. The number of carbonyl (C=O) groups excluding carboxylic acids is 1. The predicted molar refractivity (Wildman–Crippen MR) is 87.4 cm³/mol. The molecular weight excluding hydrogens is 315 g/mol. The van der Waals surface area contributed by atoms with Crippen molar-refractivity contribution in [1.29, 1.82) is 0 Å². The first-order valence-corrected chi connectivity index (χ1v) is 8.40. The fourth-order valence-corrected chi connectivity index (χ4v) is 3.43. The van der Waals surface area contributed by atoms with Gasteiger partial charge in [0.2, 0.25) is 0 Å². The van der Waals surface area contributed by atoms with Gasteiger partial charge in [-0.05, 0) is 50.8 Å². The van der Waals surface area contributed by atoms with E-state index in [0.29, 0.717) is 16.5 Å². The number of hydrogen-bond donors (Lipinski definition) is 0. The molecule has 1 amide bonds.